The van der Waals surface area contributed by atoms with E-state index in [4.69, 9.17) is 0 Å². The monoisotopic (exact) mass is 334 g/mol. The minimum atomic E-state index is -0.277. The molecule has 2 aromatic rings. The molecule has 3 rings (SSSR count). The van der Waals surface area contributed by atoms with Crippen LogP contribution in [0.3, 0.4) is 0 Å². The van der Waals surface area contributed by atoms with Crippen molar-refractivity contribution in [2.75, 3.05) is 11.5 Å². The average Bonchev–Trinajstić information content (AvgIpc) is 3.04. The molecule has 7 heteroatoms. The number of aromatic nitrogens is 2. The van der Waals surface area contributed by atoms with Crippen molar-refractivity contribution >= 4 is 17.8 Å². The summed E-state index contributed by atoms with van der Waals surface area (Å²) in [6, 6.07) is 8.04. The molecule has 1 saturated heterocycles. The standard InChI is InChI=1S/C16H19FN4OS/c17-12-3-5-15(6-4-12)21-8-7-13(20-21)10-18-16(22)19-14-2-1-9-23-11-14/h3-8,14H,1-2,9-11H2,(H2,18,19,22)/t14-/m0/s1. The number of nitrogens with one attached hydrogen (secondary N) is 2. The quantitative estimate of drug-likeness (QED) is 0.904. The first-order valence-corrected chi connectivity index (χ1v) is 8.79. The Labute approximate surface area is 138 Å². The van der Waals surface area contributed by atoms with Gasteiger partial charge in [-0.15, -0.1) is 0 Å². The minimum Gasteiger partial charge on any atom is -0.335 e. The lowest BCUT2D eigenvalue weighted by Gasteiger charge is -2.22. The van der Waals surface area contributed by atoms with Crippen molar-refractivity contribution in [3.63, 3.8) is 0 Å². The van der Waals surface area contributed by atoms with Crippen LogP contribution in [-0.2, 0) is 6.54 Å². The van der Waals surface area contributed by atoms with Crippen LogP contribution in [-0.4, -0.2) is 33.4 Å². The summed E-state index contributed by atoms with van der Waals surface area (Å²) in [5.41, 5.74) is 1.53. The maximum absolute atomic E-state index is 12.9. The van der Waals surface area contributed by atoms with E-state index in [1.165, 1.54) is 17.9 Å². The van der Waals surface area contributed by atoms with Gasteiger partial charge in [-0.2, -0.15) is 16.9 Å². The molecule has 0 saturated carbocycles. The molecule has 1 aliphatic rings. The number of thioether (sulfide) groups is 1. The van der Waals surface area contributed by atoms with Crippen molar-refractivity contribution in [3.05, 3.63) is 48.0 Å². The van der Waals surface area contributed by atoms with Crippen LogP contribution in [0.1, 0.15) is 18.5 Å². The van der Waals surface area contributed by atoms with Crippen LogP contribution >= 0.6 is 11.8 Å². The molecule has 5 nitrogen and oxygen atoms in total. The van der Waals surface area contributed by atoms with Crippen LogP contribution in [0, 0.1) is 5.82 Å². The first-order valence-electron chi connectivity index (χ1n) is 7.63. The van der Waals surface area contributed by atoms with Crippen molar-refractivity contribution in [1.29, 1.82) is 0 Å². The third-order valence-electron chi connectivity index (χ3n) is 3.66. The predicted octanol–water partition coefficient (Wildman–Crippen LogP) is 2.71. The smallest absolute Gasteiger partial charge is 0.315 e. The third kappa shape index (κ3) is 4.48. The van der Waals surface area contributed by atoms with Crippen LogP contribution in [0.25, 0.3) is 5.69 Å². The normalized spacial score (nSPS) is 17.7. The molecular formula is C16H19FN4OS. The Morgan fingerprint density at radius 1 is 1.35 bits per heavy atom. The van der Waals surface area contributed by atoms with Gasteiger partial charge in [0.05, 0.1) is 17.9 Å². The number of hydrogen-bond acceptors (Lipinski definition) is 3. The van der Waals surface area contributed by atoms with Gasteiger partial charge < -0.3 is 10.6 Å². The van der Waals surface area contributed by atoms with Crippen LogP contribution in [0.2, 0.25) is 0 Å². The van der Waals surface area contributed by atoms with E-state index < -0.39 is 0 Å². The van der Waals surface area contributed by atoms with E-state index in [9.17, 15) is 9.18 Å². The highest BCUT2D eigenvalue weighted by Gasteiger charge is 2.15. The fourth-order valence-corrected chi connectivity index (χ4v) is 3.53. The van der Waals surface area contributed by atoms with Crippen LogP contribution < -0.4 is 10.6 Å². The molecule has 2 N–H and O–H groups in total. The molecule has 1 aromatic carbocycles. The molecule has 122 valence electrons. The number of rotatable bonds is 4. The van der Waals surface area contributed by atoms with Gasteiger partial charge in [0.15, 0.2) is 0 Å². The minimum absolute atomic E-state index is 0.158. The Balaban J connectivity index is 1.50. The molecule has 1 atom stereocenters. The number of amides is 2. The summed E-state index contributed by atoms with van der Waals surface area (Å²) < 4.78 is 14.6. The van der Waals surface area contributed by atoms with E-state index in [0.29, 0.717) is 6.54 Å². The topological polar surface area (TPSA) is 59.0 Å². The van der Waals surface area contributed by atoms with Gasteiger partial charge in [0.1, 0.15) is 5.82 Å². The zero-order valence-electron chi connectivity index (χ0n) is 12.7. The largest absolute Gasteiger partial charge is 0.335 e. The van der Waals surface area contributed by atoms with Gasteiger partial charge in [-0.1, -0.05) is 0 Å². The zero-order valence-corrected chi connectivity index (χ0v) is 13.5. The SMILES string of the molecule is O=C(NCc1ccn(-c2ccc(F)cc2)n1)N[C@H]1CCCSC1. The number of benzene rings is 1. The van der Waals surface area contributed by atoms with Gasteiger partial charge >= 0.3 is 6.03 Å². The van der Waals surface area contributed by atoms with E-state index >= 15 is 0 Å². The molecule has 2 amide bonds. The van der Waals surface area contributed by atoms with Crippen molar-refractivity contribution in [3.8, 4) is 5.69 Å². The zero-order chi connectivity index (χ0) is 16.1. The maximum Gasteiger partial charge on any atom is 0.315 e. The van der Waals surface area contributed by atoms with Gasteiger partial charge in [-0.25, -0.2) is 13.9 Å². The highest BCUT2D eigenvalue weighted by molar-refractivity contribution is 7.99. The lowest BCUT2D eigenvalue weighted by Crippen LogP contribution is -2.44. The molecule has 2 heterocycles. The fourth-order valence-electron chi connectivity index (χ4n) is 2.46. The van der Waals surface area contributed by atoms with E-state index in [2.05, 4.69) is 15.7 Å². The molecular weight excluding hydrogens is 315 g/mol. The molecule has 0 radical (unpaired) electrons. The van der Waals surface area contributed by atoms with Crippen molar-refractivity contribution < 1.29 is 9.18 Å². The lowest BCUT2D eigenvalue weighted by atomic mass is 10.2. The van der Waals surface area contributed by atoms with E-state index in [1.54, 1.807) is 23.0 Å². The van der Waals surface area contributed by atoms with Crippen molar-refractivity contribution in [2.45, 2.75) is 25.4 Å². The molecule has 0 unspecified atom stereocenters. The second-order valence-corrected chi connectivity index (χ2v) is 6.62. The number of nitrogens with zero attached hydrogens (tertiary/aromatic N) is 2. The average molecular weight is 334 g/mol. The highest BCUT2D eigenvalue weighted by Crippen LogP contribution is 2.16. The summed E-state index contributed by atoms with van der Waals surface area (Å²) in [6.45, 7) is 0.361. The summed E-state index contributed by atoms with van der Waals surface area (Å²) in [7, 11) is 0. The van der Waals surface area contributed by atoms with E-state index in [-0.39, 0.29) is 17.9 Å². The molecule has 1 aliphatic heterocycles. The Hall–Kier alpha value is -2.02. The summed E-state index contributed by atoms with van der Waals surface area (Å²) >= 11 is 1.88. The van der Waals surface area contributed by atoms with Gasteiger partial charge in [-0.3, -0.25) is 0 Å². The Morgan fingerprint density at radius 2 is 2.17 bits per heavy atom. The number of halogens is 1. The van der Waals surface area contributed by atoms with E-state index in [1.807, 2.05) is 17.8 Å². The van der Waals surface area contributed by atoms with Gasteiger partial charge in [0.25, 0.3) is 0 Å². The molecule has 0 bridgehead atoms. The lowest BCUT2D eigenvalue weighted by molar-refractivity contribution is 0.236. The van der Waals surface area contributed by atoms with Crippen LogP contribution in [0.4, 0.5) is 9.18 Å². The van der Waals surface area contributed by atoms with E-state index in [0.717, 1.165) is 30.0 Å². The Bertz CT molecular complexity index is 652. The molecule has 1 aromatic heterocycles. The van der Waals surface area contributed by atoms with Crippen molar-refractivity contribution in [1.82, 2.24) is 20.4 Å². The fraction of sp³-hybridized carbons (Fsp3) is 0.375. The number of urea groups is 1. The van der Waals surface area contributed by atoms with Crippen LogP contribution in [0.15, 0.2) is 36.5 Å². The molecule has 0 spiro atoms. The first kappa shape index (κ1) is 15.9. The second-order valence-electron chi connectivity index (χ2n) is 5.47. The van der Waals surface area contributed by atoms with Crippen molar-refractivity contribution in [2.24, 2.45) is 0 Å². The number of carbonyl (C=O) groups is 1. The first-order chi connectivity index (χ1) is 11.2. The van der Waals surface area contributed by atoms with Crippen LogP contribution in [0.5, 0.6) is 0 Å². The predicted molar refractivity (Wildman–Crippen MR) is 89.2 cm³/mol. The number of carbonyl (C=O) groups excluding carboxylic acids is 1. The van der Waals surface area contributed by atoms with Gasteiger partial charge in [0.2, 0.25) is 0 Å². The molecule has 23 heavy (non-hydrogen) atoms. The maximum atomic E-state index is 12.9. The summed E-state index contributed by atoms with van der Waals surface area (Å²) in [6.07, 6.45) is 3.98. The molecule has 1 fully saturated rings. The summed E-state index contributed by atoms with van der Waals surface area (Å²) in [4.78, 5) is 11.9. The summed E-state index contributed by atoms with van der Waals surface area (Å²) in [5.74, 6) is 1.88. The summed E-state index contributed by atoms with van der Waals surface area (Å²) in [5, 5.41) is 10.2. The Morgan fingerprint density at radius 3 is 2.91 bits per heavy atom. The number of hydrogen-bond donors (Lipinski definition) is 2. The van der Waals surface area contributed by atoms with Gasteiger partial charge in [-0.05, 0) is 48.9 Å². The van der Waals surface area contributed by atoms with Gasteiger partial charge in [0, 0.05) is 18.0 Å². The molecule has 0 aliphatic carbocycles. The second kappa shape index (κ2) is 7.50. The highest BCUT2D eigenvalue weighted by atomic mass is 32.2. The Kier molecular flexibility index (Phi) is 5.17. The third-order valence-corrected chi connectivity index (χ3v) is 4.88.